The highest BCUT2D eigenvalue weighted by molar-refractivity contribution is 8.03. The molecule has 0 aromatic rings. The van der Waals surface area contributed by atoms with Gasteiger partial charge in [-0.15, -0.1) is 11.8 Å². The van der Waals surface area contributed by atoms with Gasteiger partial charge in [-0.2, -0.15) is 0 Å². The summed E-state index contributed by atoms with van der Waals surface area (Å²) in [6, 6.07) is 0. The molecule has 0 aromatic heterocycles. The van der Waals surface area contributed by atoms with Gasteiger partial charge in [0.05, 0.1) is 17.2 Å². The van der Waals surface area contributed by atoms with Crippen molar-refractivity contribution in [3.63, 3.8) is 0 Å². The summed E-state index contributed by atoms with van der Waals surface area (Å²) in [6.07, 6.45) is 2.28. The third-order valence-electron chi connectivity index (χ3n) is 2.86. The zero-order chi connectivity index (χ0) is 13.1. The molecule has 1 fully saturated rings. The van der Waals surface area contributed by atoms with E-state index in [9.17, 15) is 9.59 Å². The van der Waals surface area contributed by atoms with Crippen molar-refractivity contribution < 1.29 is 14.3 Å². The Morgan fingerprint density at radius 1 is 1.56 bits per heavy atom. The van der Waals surface area contributed by atoms with Gasteiger partial charge in [-0.05, 0) is 6.92 Å². The van der Waals surface area contributed by atoms with Crippen molar-refractivity contribution >= 4 is 23.6 Å². The fourth-order valence-corrected chi connectivity index (χ4v) is 3.25. The quantitative estimate of drug-likeness (QED) is 0.607. The number of amides is 1. The lowest BCUT2D eigenvalue weighted by atomic mass is 10.2. The number of nitrogens with zero attached hydrogens (tertiary/aromatic N) is 1. The summed E-state index contributed by atoms with van der Waals surface area (Å²) in [4.78, 5) is 25.1. The van der Waals surface area contributed by atoms with Gasteiger partial charge in [0.2, 0.25) is 5.91 Å². The summed E-state index contributed by atoms with van der Waals surface area (Å²) in [6.45, 7) is 2.94. The Labute approximate surface area is 110 Å². The molecule has 18 heavy (non-hydrogen) atoms. The minimum absolute atomic E-state index is 0.114. The van der Waals surface area contributed by atoms with Crippen LogP contribution < -0.4 is 5.32 Å². The molecule has 0 unspecified atom stereocenters. The molecule has 1 N–H and O–H groups in total. The summed E-state index contributed by atoms with van der Waals surface area (Å²) < 4.78 is 5.04. The minimum Gasteiger partial charge on any atom is -0.463 e. The van der Waals surface area contributed by atoms with E-state index in [2.05, 4.69) is 5.32 Å². The van der Waals surface area contributed by atoms with E-state index in [1.807, 2.05) is 4.90 Å². The first-order chi connectivity index (χ1) is 8.67. The molecule has 2 heterocycles. The van der Waals surface area contributed by atoms with Crippen LogP contribution in [0.5, 0.6) is 0 Å². The van der Waals surface area contributed by atoms with Crippen LogP contribution in [0.25, 0.3) is 0 Å². The molecule has 6 heteroatoms. The standard InChI is InChI=1S/C12H16N2O3S/c1-3-17-12(16)9-4-5-14-8(6-10(15)13-2)7-18-11(9)14/h6H,3-5,7H2,1-2H3,(H,13,15)/b8-6+. The number of nitrogens with one attached hydrogen (secondary N) is 1. The van der Waals surface area contributed by atoms with Crippen molar-refractivity contribution in [3.8, 4) is 0 Å². The second-order valence-electron chi connectivity index (χ2n) is 3.94. The smallest absolute Gasteiger partial charge is 0.336 e. The molecule has 0 atom stereocenters. The van der Waals surface area contributed by atoms with Gasteiger partial charge in [-0.25, -0.2) is 4.79 Å². The number of ether oxygens (including phenoxy) is 1. The summed E-state index contributed by atoms with van der Waals surface area (Å²) >= 11 is 1.59. The summed E-state index contributed by atoms with van der Waals surface area (Å²) in [5.74, 6) is 0.381. The molecular formula is C12H16N2O3S. The van der Waals surface area contributed by atoms with E-state index in [0.29, 0.717) is 13.0 Å². The Bertz CT molecular complexity index is 443. The number of carbonyl (C=O) groups excluding carboxylic acids is 2. The molecule has 1 amide bonds. The summed E-state index contributed by atoms with van der Waals surface area (Å²) in [5, 5.41) is 3.51. The van der Waals surface area contributed by atoms with E-state index in [0.717, 1.165) is 28.6 Å². The van der Waals surface area contributed by atoms with Crippen LogP contribution in [0.3, 0.4) is 0 Å². The Balaban J connectivity index is 2.18. The first kappa shape index (κ1) is 13.0. The number of carbonyl (C=O) groups is 2. The largest absolute Gasteiger partial charge is 0.463 e. The molecule has 0 aliphatic carbocycles. The Hall–Kier alpha value is -1.43. The van der Waals surface area contributed by atoms with E-state index in [-0.39, 0.29) is 11.9 Å². The van der Waals surface area contributed by atoms with Crippen molar-refractivity contribution in [2.45, 2.75) is 13.3 Å². The zero-order valence-corrected chi connectivity index (χ0v) is 11.3. The number of likely N-dealkylation sites (N-methyl/N-ethyl adjacent to an activating group) is 1. The predicted molar refractivity (Wildman–Crippen MR) is 69.6 cm³/mol. The van der Waals surface area contributed by atoms with Gasteiger partial charge in [0.15, 0.2) is 0 Å². The lowest BCUT2D eigenvalue weighted by Crippen LogP contribution is -2.19. The molecule has 1 saturated heterocycles. The molecule has 0 aromatic carbocycles. The molecule has 2 aliphatic heterocycles. The molecule has 2 aliphatic rings. The van der Waals surface area contributed by atoms with Crippen LogP contribution in [0.2, 0.25) is 0 Å². The molecule has 0 radical (unpaired) electrons. The highest BCUT2D eigenvalue weighted by Crippen LogP contribution is 2.42. The predicted octanol–water partition coefficient (Wildman–Crippen LogP) is 0.843. The second-order valence-corrected chi connectivity index (χ2v) is 4.91. The van der Waals surface area contributed by atoms with Crippen LogP contribution in [0, 0.1) is 0 Å². The van der Waals surface area contributed by atoms with Crippen LogP contribution in [0.1, 0.15) is 13.3 Å². The number of esters is 1. The first-order valence-electron chi connectivity index (χ1n) is 5.90. The van der Waals surface area contributed by atoms with Gasteiger partial charge in [0, 0.05) is 37.5 Å². The van der Waals surface area contributed by atoms with E-state index < -0.39 is 0 Å². The van der Waals surface area contributed by atoms with Crippen molar-refractivity contribution in [3.05, 3.63) is 22.4 Å². The maximum Gasteiger partial charge on any atom is 0.336 e. The molecule has 0 bridgehead atoms. The maximum absolute atomic E-state index is 11.8. The summed E-state index contributed by atoms with van der Waals surface area (Å²) in [7, 11) is 1.60. The number of hydrogen-bond donors (Lipinski definition) is 1. The Morgan fingerprint density at radius 2 is 2.33 bits per heavy atom. The first-order valence-corrected chi connectivity index (χ1v) is 6.88. The maximum atomic E-state index is 11.8. The SMILES string of the molecule is CCOC(=O)C1=C2SC/C(=C\C(=O)NC)N2CC1. The topological polar surface area (TPSA) is 58.6 Å². The number of thioether (sulfide) groups is 1. The normalized spacial score (nSPS) is 20.3. The monoisotopic (exact) mass is 268 g/mol. The highest BCUT2D eigenvalue weighted by Gasteiger charge is 2.34. The Morgan fingerprint density at radius 3 is 3.00 bits per heavy atom. The average molecular weight is 268 g/mol. The third kappa shape index (κ3) is 2.38. The molecule has 0 spiro atoms. The van der Waals surface area contributed by atoms with Gasteiger partial charge in [-0.3, -0.25) is 4.79 Å². The Kier molecular flexibility index (Phi) is 3.96. The lowest BCUT2D eigenvalue weighted by molar-refractivity contribution is -0.138. The van der Waals surface area contributed by atoms with Crippen LogP contribution in [0.15, 0.2) is 22.4 Å². The third-order valence-corrected chi connectivity index (χ3v) is 4.04. The van der Waals surface area contributed by atoms with Gasteiger partial charge < -0.3 is 15.0 Å². The number of fused-ring (bicyclic) bond motifs is 1. The fraction of sp³-hybridized carbons (Fsp3) is 0.500. The van der Waals surface area contributed by atoms with Gasteiger partial charge >= 0.3 is 5.97 Å². The van der Waals surface area contributed by atoms with E-state index in [4.69, 9.17) is 4.74 Å². The van der Waals surface area contributed by atoms with Crippen molar-refractivity contribution in [1.82, 2.24) is 10.2 Å². The molecule has 2 rings (SSSR count). The number of hydrogen-bond acceptors (Lipinski definition) is 5. The van der Waals surface area contributed by atoms with Gasteiger partial charge in [-0.1, -0.05) is 0 Å². The van der Waals surface area contributed by atoms with E-state index >= 15 is 0 Å². The fourth-order valence-electron chi connectivity index (χ4n) is 2.00. The molecule has 98 valence electrons. The van der Waals surface area contributed by atoms with Crippen LogP contribution in [-0.4, -0.2) is 42.7 Å². The summed E-state index contributed by atoms with van der Waals surface area (Å²) in [5.41, 5.74) is 1.69. The van der Waals surface area contributed by atoms with E-state index in [1.54, 1.807) is 31.8 Å². The van der Waals surface area contributed by atoms with Crippen molar-refractivity contribution in [1.29, 1.82) is 0 Å². The highest BCUT2D eigenvalue weighted by atomic mass is 32.2. The van der Waals surface area contributed by atoms with Crippen molar-refractivity contribution in [2.75, 3.05) is 26.0 Å². The van der Waals surface area contributed by atoms with Crippen molar-refractivity contribution in [2.24, 2.45) is 0 Å². The van der Waals surface area contributed by atoms with Crippen LogP contribution in [-0.2, 0) is 14.3 Å². The molecular weight excluding hydrogens is 252 g/mol. The lowest BCUT2D eigenvalue weighted by Gasteiger charge is -2.14. The van der Waals surface area contributed by atoms with E-state index in [1.165, 1.54) is 0 Å². The minimum atomic E-state index is -0.233. The average Bonchev–Trinajstić information content (AvgIpc) is 2.92. The second kappa shape index (κ2) is 5.48. The van der Waals surface area contributed by atoms with Crippen LogP contribution >= 0.6 is 11.8 Å². The van der Waals surface area contributed by atoms with Crippen LogP contribution in [0.4, 0.5) is 0 Å². The zero-order valence-electron chi connectivity index (χ0n) is 10.5. The molecule has 5 nitrogen and oxygen atoms in total. The van der Waals surface area contributed by atoms with Gasteiger partial charge in [0.25, 0.3) is 0 Å². The molecule has 0 saturated carbocycles. The number of rotatable bonds is 3. The van der Waals surface area contributed by atoms with Gasteiger partial charge in [0.1, 0.15) is 0 Å².